The largest absolute Gasteiger partial charge is 0.487 e. The zero-order valence-corrected chi connectivity index (χ0v) is 22.4. The molecule has 0 saturated carbocycles. The lowest BCUT2D eigenvalue weighted by molar-refractivity contribution is 0.0413. The minimum absolute atomic E-state index is 0.0544. The second-order valence-electron chi connectivity index (χ2n) is 10.7. The molecule has 2 saturated heterocycles. The number of hydrogen-bond acceptors (Lipinski definition) is 10. The van der Waals surface area contributed by atoms with E-state index in [1.807, 2.05) is 23.6 Å². The summed E-state index contributed by atoms with van der Waals surface area (Å²) in [5.74, 6) is 0.349. The first-order valence-electron chi connectivity index (χ1n) is 13.4. The van der Waals surface area contributed by atoms with E-state index in [0.717, 1.165) is 38.1 Å². The van der Waals surface area contributed by atoms with E-state index in [1.54, 1.807) is 19.3 Å². The molecule has 210 valence electrons. The molecular formula is C27H35F2N7O3. The summed E-state index contributed by atoms with van der Waals surface area (Å²) in [5, 5.41) is 14.3. The van der Waals surface area contributed by atoms with Gasteiger partial charge in [0.05, 0.1) is 18.5 Å². The second kappa shape index (κ2) is 11.0. The highest BCUT2D eigenvalue weighted by molar-refractivity contribution is 5.39. The first-order valence-corrected chi connectivity index (χ1v) is 13.4. The second-order valence-corrected chi connectivity index (χ2v) is 10.7. The zero-order chi connectivity index (χ0) is 27.7. The SMILES string of the molecule is CC[C@@](C)(O)c1noc(N2CCC([C@H](C)Oc3cnc(N4C[C@H](c5cc(F)ccc5F)[C@@H](N)C4)nc3)CC2)n1. The summed E-state index contributed by atoms with van der Waals surface area (Å²) in [6, 6.07) is 3.51. The van der Waals surface area contributed by atoms with E-state index in [-0.39, 0.29) is 23.6 Å². The summed E-state index contributed by atoms with van der Waals surface area (Å²) in [4.78, 5) is 17.2. The maximum absolute atomic E-state index is 14.3. The van der Waals surface area contributed by atoms with Crippen LogP contribution < -0.4 is 20.3 Å². The third kappa shape index (κ3) is 5.81. The highest BCUT2D eigenvalue weighted by Gasteiger charge is 2.35. The van der Waals surface area contributed by atoms with Crippen LogP contribution in [0.5, 0.6) is 5.75 Å². The van der Waals surface area contributed by atoms with E-state index in [0.29, 0.717) is 49.0 Å². The van der Waals surface area contributed by atoms with Crippen LogP contribution in [0.4, 0.5) is 20.7 Å². The Kier molecular flexibility index (Phi) is 7.68. The molecule has 39 heavy (non-hydrogen) atoms. The zero-order valence-electron chi connectivity index (χ0n) is 22.4. The molecule has 5 rings (SSSR count). The van der Waals surface area contributed by atoms with Gasteiger partial charge in [0.25, 0.3) is 0 Å². The molecule has 0 aliphatic carbocycles. The third-order valence-electron chi connectivity index (χ3n) is 8.00. The number of hydrogen-bond donors (Lipinski definition) is 2. The van der Waals surface area contributed by atoms with Crippen molar-refractivity contribution in [3.05, 3.63) is 53.6 Å². The van der Waals surface area contributed by atoms with Gasteiger partial charge in [-0.1, -0.05) is 12.1 Å². The predicted molar refractivity (Wildman–Crippen MR) is 141 cm³/mol. The first kappa shape index (κ1) is 27.2. The van der Waals surface area contributed by atoms with Crippen molar-refractivity contribution in [2.24, 2.45) is 11.7 Å². The van der Waals surface area contributed by atoms with E-state index in [9.17, 15) is 13.9 Å². The van der Waals surface area contributed by atoms with Crippen LogP contribution in [0.2, 0.25) is 0 Å². The number of benzene rings is 1. The van der Waals surface area contributed by atoms with Crippen LogP contribution in [0.3, 0.4) is 0 Å². The molecule has 3 aromatic rings. The Bertz CT molecular complexity index is 1260. The average molecular weight is 544 g/mol. The van der Waals surface area contributed by atoms with E-state index in [2.05, 4.69) is 20.1 Å². The summed E-state index contributed by atoms with van der Waals surface area (Å²) >= 11 is 0. The minimum Gasteiger partial charge on any atom is -0.487 e. The molecule has 2 fully saturated rings. The Hall–Kier alpha value is -3.38. The molecule has 0 spiro atoms. The molecule has 4 heterocycles. The molecule has 2 aliphatic rings. The quantitative estimate of drug-likeness (QED) is 0.437. The van der Waals surface area contributed by atoms with Gasteiger partial charge in [0.2, 0.25) is 11.8 Å². The molecule has 10 nitrogen and oxygen atoms in total. The molecule has 0 radical (unpaired) electrons. The summed E-state index contributed by atoms with van der Waals surface area (Å²) in [6.07, 6.45) is 5.47. The summed E-state index contributed by atoms with van der Waals surface area (Å²) in [7, 11) is 0. The van der Waals surface area contributed by atoms with Crippen molar-refractivity contribution in [2.45, 2.75) is 63.7 Å². The van der Waals surface area contributed by atoms with Crippen molar-refractivity contribution in [3.63, 3.8) is 0 Å². The molecule has 0 bridgehead atoms. The molecule has 0 unspecified atom stereocenters. The molecular weight excluding hydrogens is 508 g/mol. The normalized spacial score (nSPS) is 22.6. The number of nitrogens with two attached hydrogens (primary N) is 1. The molecule has 2 aromatic heterocycles. The molecule has 3 N–H and O–H groups in total. The maximum Gasteiger partial charge on any atom is 0.324 e. The molecule has 1 aromatic carbocycles. The van der Waals surface area contributed by atoms with Crippen molar-refractivity contribution >= 4 is 12.0 Å². The molecule has 2 aliphatic heterocycles. The van der Waals surface area contributed by atoms with Crippen LogP contribution in [0.25, 0.3) is 0 Å². The number of ether oxygens (including phenoxy) is 1. The number of piperidine rings is 1. The lowest BCUT2D eigenvalue weighted by Gasteiger charge is -2.33. The standard InChI is InChI=1S/C27H35F2N7O3/c1-4-27(3,37)24-33-26(39-34-24)35-9-7-17(8-10-35)16(2)38-19-12-31-25(32-13-19)36-14-21(23(30)15-36)20-11-18(28)5-6-22(20)29/h5-6,11-13,16-17,21,23,37H,4,7-10,14-15,30H2,1-3H3/t16-,21+,23-,27+/m0/s1. The highest BCUT2D eigenvalue weighted by Crippen LogP contribution is 2.32. The first-order chi connectivity index (χ1) is 18.6. The van der Waals surface area contributed by atoms with Crippen LogP contribution in [0, 0.1) is 17.6 Å². The molecule has 12 heteroatoms. The third-order valence-corrected chi connectivity index (χ3v) is 8.00. The van der Waals surface area contributed by atoms with Gasteiger partial charge in [0.15, 0.2) is 5.75 Å². The van der Waals surface area contributed by atoms with Crippen molar-refractivity contribution in [3.8, 4) is 5.75 Å². The van der Waals surface area contributed by atoms with Gasteiger partial charge in [-0.25, -0.2) is 18.7 Å². The van der Waals surface area contributed by atoms with E-state index in [4.69, 9.17) is 15.0 Å². The van der Waals surface area contributed by atoms with Crippen LogP contribution in [0.1, 0.15) is 57.3 Å². The summed E-state index contributed by atoms with van der Waals surface area (Å²) < 4.78 is 39.6. The number of anilines is 2. The van der Waals surface area contributed by atoms with E-state index < -0.39 is 17.2 Å². The van der Waals surface area contributed by atoms with Gasteiger partial charge < -0.3 is 29.9 Å². The Morgan fingerprint density at radius 1 is 1.18 bits per heavy atom. The lowest BCUT2D eigenvalue weighted by Crippen LogP contribution is -2.39. The monoisotopic (exact) mass is 543 g/mol. The van der Waals surface area contributed by atoms with Gasteiger partial charge in [-0.15, -0.1) is 0 Å². The number of aliphatic hydroxyl groups is 1. The maximum atomic E-state index is 14.3. The van der Waals surface area contributed by atoms with Gasteiger partial charge in [0, 0.05) is 38.1 Å². The van der Waals surface area contributed by atoms with E-state index in [1.165, 1.54) is 6.07 Å². The number of halogens is 2. The highest BCUT2D eigenvalue weighted by atomic mass is 19.1. The number of rotatable bonds is 8. The summed E-state index contributed by atoms with van der Waals surface area (Å²) in [5.41, 5.74) is 5.44. The number of aromatic nitrogens is 4. The van der Waals surface area contributed by atoms with Gasteiger partial charge in [0.1, 0.15) is 17.2 Å². The topological polar surface area (TPSA) is 127 Å². The lowest BCUT2D eigenvalue weighted by atomic mass is 9.92. The van der Waals surface area contributed by atoms with Crippen molar-refractivity contribution in [1.82, 2.24) is 20.1 Å². The molecule has 4 atom stereocenters. The van der Waals surface area contributed by atoms with Crippen LogP contribution in [0.15, 0.2) is 35.1 Å². The van der Waals surface area contributed by atoms with Crippen LogP contribution >= 0.6 is 0 Å². The molecule has 0 amide bonds. The Balaban J connectivity index is 1.14. The van der Waals surface area contributed by atoms with Crippen molar-refractivity contribution in [2.75, 3.05) is 36.0 Å². The van der Waals surface area contributed by atoms with Gasteiger partial charge >= 0.3 is 6.01 Å². The van der Waals surface area contributed by atoms with E-state index >= 15 is 0 Å². The Morgan fingerprint density at radius 3 is 2.59 bits per heavy atom. The van der Waals surface area contributed by atoms with Crippen LogP contribution in [-0.4, -0.2) is 63.5 Å². The minimum atomic E-state index is -1.11. The Morgan fingerprint density at radius 2 is 1.90 bits per heavy atom. The van der Waals surface area contributed by atoms with Crippen molar-refractivity contribution < 1.29 is 23.1 Å². The fourth-order valence-electron chi connectivity index (χ4n) is 5.25. The number of nitrogens with zero attached hydrogens (tertiary/aromatic N) is 6. The average Bonchev–Trinajstić information content (AvgIpc) is 3.58. The summed E-state index contributed by atoms with van der Waals surface area (Å²) in [6.45, 7) is 7.90. The van der Waals surface area contributed by atoms with Gasteiger partial charge in [-0.05, 0) is 62.8 Å². The van der Waals surface area contributed by atoms with Gasteiger partial charge in [-0.3, -0.25) is 0 Å². The smallest absolute Gasteiger partial charge is 0.324 e. The fraction of sp³-hybridized carbons (Fsp3) is 0.556. The fourth-order valence-corrected chi connectivity index (χ4v) is 5.25. The Labute approximate surface area is 226 Å². The van der Waals surface area contributed by atoms with Gasteiger partial charge in [-0.2, -0.15) is 4.98 Å². The predicted octanol–water partition coefficient (Wildman–Crippen LogP) is 3.37. The van der Waals surface area contributed by atoms with Crippen LogP contribution in [-0.2, 0) is 5.60 Å². The van der Waals surface area contributed by atoms with Crippen molar-refractivity contribution in [1.29, 1.82) is 0 Å².